The van der Waals surface area contributed by atoms with Crippen LogP contribution in [0, 0.1) is 11.3 Å². The first kappa shape index (κ1) is 15.1. The number of amides is 1. The number of nitriles is 1. The van der Waals surface area contributed by atoms with Gasteiger partial charge in [-0.05, 0) is 30.7 Å². The van der Waals surface area contributed by atoms with E-state index >= 15 is 0 Å². The summed E-state index contributed by atoms with van der Waals surface area (Å²) in [6.45, 7) is 0. The molecule has 6 nitrogen and oxygen atoms in total. The van der Waals surface area contributed by atoms with E-state index in [4.69, 9.17) is 5.26 Å². The number of hydrogen-bond donors (Lipinski definition) is 1. The minimum absolute atomic E-state index is 0.0294. The predicted octanol–water partition coefficient (Wildman–Crippen LogP) is 2.20. The van der Waals surface area contributed by atoms with Gasteiger partial charge in [0.05, 0.1) is 11.6 Å². The third kappa shape index (κ3) is 4.61. The minimum atomic E-state index is -0.0294. The molecule has 2 aromatic rings. The lowest BCUT2D eigenvalue weighted by molar-refractivity contribution is -0.116. The van der Waals surface area contributed by atoms with Crippen molar-refractivity contribution in [1.82, 2.24) is 14.8 Å². The zero-order valence-corrected chi connectivity index (χ0v) is 12.4. The molecule has 1 aromatic heterocycles. The third-order valence-corrected chi connectivity index (χ3v) is 3.87. The summed E-state index contributed by atoms with van der Waals surface area (Å²) in [6.07, 6.45) is 2.87. The van der Waals surface area contributed by atoms with Crippen LogP contribution in [0.5, 0.6) is 0 Å². The van der Waals surface area contributed by atoms with Crippen LogP contribution in [-0.2, 0) is 11.8 Å². The molecule has 1 N–H and O–H groups in total. The Balaban J connectivity index is 1.70. The fraction of sp³-hybridized carbons (Fsp3) is 0.286. The summed E-state index contributed by atoms with van der Waals surface area (Å²) < 4.78 is 1.85. The Labute approximate surface area is 127 Å². The van der Waals surface area contributed by atoms with Gasteiger partial charge in [-0.3, -0.25) is 4.79 Å². The highest BCUT2D eigenvalue weighted by Crippen LogP contribution is 2.15. The monoisotopic (exact) mass is 301 g/mol. The molecule has 1 amide bonds. The number of nitrogens with zero attached hydrogens (tertiary/aromatic N) is 4. The molecule has 0 bridgehead atoms. The standard InChI is InChI=1S/C14H15N5OS/c1-19-10-16-18-14(19)21-8-2-3-13(20)17-12-6-4-11(9-15)5-7-12/h4-7,10H,2-3,8H2,1H3,(H,17,20). The van der Waals surface area contributed by atoms with Crippen LogP contribution in [0.3, 0.4) is 0 Å². The first-order valence-electron chi connectivity index (χ1n) is 6.46. The molecule has 0 saturated carbocycles. The van der Waals surface area contributed by atoms with E-state index in [1.165, 1.54) is 0 Å². The second kappa shape index (κ2) is 7.45. The second-order valence-corrected chi connectivity index (χ2v) is 5.48. The van der Waals surface area contributed by atoms with Crippen molar-refractivity contribution in [1.29, 1.82) is 5.26 Å². The van der Waals surface area contributed by atoms with Gasteiger partial charge in [-0.25, -0.2) is 0 Å². The molecule has 0 atom stereocenters. The van der Waals surface area contributed by atoms with E-state index in [0.717, 1.165) is 17.3 Å². The molecule has 0 unspecified atom stereocenters. The maximum Gasteiger partial charge on any atom is 0.224 e. The van der Waals surface area contributed by atoms with Gasteiger partial charge in [0.25, 0.3) is 0 Å². The van der Waals surface area contributed by atoms with Gasteiger partial charge in [0.15, 0.2) is 5.16 Å². The summed E-state index contributed by atoms with van der Waals surface area (Å²) in [5, 5.41) is 20.1. The van der Waals surface area contributed by atoms with Gasteiger partial charge in [-0.2, -0.15) is 5.26 Å². The molecular weight excluding hydrogens is 286 g/mol. The van der Waals surface area contributed by atoms with Crippen molar-refractivity contribution < 1.29 is 4.79 Å². The predicted molar refractivity (Wildman–Crippen MR) is 80.7 cm³/mol. The zero-order valence-electron chi connectivity index (χ0n) is 11.6. The van der Waals surface area contributed by atoms with Crippen LogP contribution in [0.1, 0.15) is 18.4 Å². The smallest absolute Gasteiger partial charge is 0.224 e. The van der Waals surface area contributed by atoms with Crippen molar-refractivity contribution in [2.75, 3.05) is 11.1 Å². The van der Waals surface area contributed by atoms with Crippen LogP contribution >= 0.6 is 11.8 Å². The molecular formula is C14H15N5OS. The molecule has 0 fully saturated rings. The van der Waals surface area contributed by atoms with E-state index in [0.29, 0.717) is 17.7 Å². The number of thioether (sulfide) groups is 1. The van der Waals surface area contributed by atoms with Gasteiger partial charge < -0.3 is 9.88 Å². The summed E-state index contributed by atoms with van der Waals surface area (Å²) in [5.74, 6) is 0.783. The van der Waals surface area contributed by atoms with E-state index in [9.17, 15) is 4.79 Å². The average molecular weight is 301 g/mol. The lowest BCUT2D eigenvalue weighted by Gasteiger charge is -2.05. The lowest BCUT2D eigenvalue weighted by atomic mass is 10.2. The number of anilines is 1. The van der Waals surface area contributed by atoms with Crippen LogP contribution in [0.2, 0.25) is 0 Å². The van der Waals surface area contributed by atoms with Crippen molar-refractivity contribution in [3.8, 4) is 6.07 Å². The van der Waals surface area contributed by atoms with Crippen LogP contribution in [0.4, 0.5) is 5.69 Å². The normalized spacial score (nSPS) is 10.1. The van der Waals surface area contributed by atoms with Gasteiger partial charge in [0.2, 0.25) is 5.91 Å². The number of hydrogen-bond acceptors (Lipinski definition) is 5. The number of benzene rings is 1. The first-order chi connectivity index (χ1) is 10.2. The number of carbonyl (C=O) groups is 1. The zero-order chi connectivity index (χ0) is 15.1. The fourth-order valence-corrected chi connectivity index (χ4v) is 2.48. The van der Waals surface area contributed by atoms with Crippen molar-refractivity contribution in [3.63, 3.8) is 0 Å². The van der Waals surface area contributed by atoms with Crippen LogP contribution in [-0.4, -0.2) is 26.4 Å². The van der Waals surface area contributed by atoms with Gasteiger partial charge in [0.1, 0.15) is 6.33 Å². The van der Waals surface area contributed by atoms with Crippen LogP contribution < -0.4 is 5.32 Å². The number of aromatic nitrogens is 3. The van der Waals surface area contributed by atoms with Crippen LogP contribution in [0.15, 0.2) is 35.7 Å². The molecule has 0 aliphatic carbocycles. The molecule has 0 aliphatic heterocycles. The molecule has 0 spiro atoms. The molecule has 1 aromatic carbocycles. The lowest BCUT2D eigenvalue weighted by Crippen LogP contribution is -2.11. The Bertz CT molecular complexity index is 644. The van der Waals surface area contributed by atoms with Gasteiger partial charge >= 0.3 is 0 Å². The number of aryl methyl sites for hydroxylation is 1. The van der Waals surface area contributed by atoms with E-state index in [-0.39, 0.29) is 5.91 Å². The molecule has 2 rings (SSSR count). The topological polar surface area (TPSA) is 83.6 Å². The Kier molecular flexibility index (Phi) is 5.35. The Morgan fingerprint density at radius 1 is 1.43 bits per heavy atom. The highest BCUT2D eigenvalue weighted by molar-refractivity contribution is 7.99. The van der Waals surface area contributed by atoms with Crippen molar-refractivity contribution >= 4 is 23.4 Å². The highest BCUT2D eigenvalue weighted by Gasteiger charge is 2.05. The summed E-state index contributed by atoms with van der Waals surface area (Å²) in [7, 11) is 1.89. The molecule has 1 heterocycles. The quantitative estimate of drug-likeness (QED) is 0.653. The largest absolute Gasteiger partial charge is 0.326 e. The van der Waals surface area contributed by atoms with Gasteiger partial charge in [0, 0.05) is 24.9 Å². The summed E-state index contributed by atoms with van der Waals surface area (Å²) >= 11 is 1.58. The van der Waals surface area contributed by atoms with E-state index in [1.54, 1.807) is 42.4 Å². The van der Waals surface area contributed by atoms with Crippen LogP contribution in [0.25, 0.3) is 0 Å². The Morgan fingerprint density at radius 2 is 2.19 bits per heavy atom. The summed E-state index contributed by atoms with van der Waals surface area (Å²) in [4.78, 5) is 11.8. The number of nitrogens with one attached hydrogen (secondary N) is 1. The third-order valence-electron chi connectivity index (χ3n) is 2.75. The Hall–Kier alpha value is -2.33. The minimum Gasteiger partial charge on any atom is -0.326 e. The summed E-state index contributed by atoms with van der Waals surface area (Å²) in [5.41, 5.74) is 1.29. The molecule has 0 radical (unpaired) electrons. The maximum absolute atomic E-state index is 11.8. The molecule has 0 saturated heterocycles. The molecule has 0 aliphatic rings. The van der Waals surface area contributed by atoms with E-state index < -0.39 is 0 Å². The average Bonchev–Trinajstić information content (AvgIpc) is 2.90. The molecule has 108 valence electrons. The van der Waals surface area contributed by atoms with E-state index in [2.05, 4.69) is 15.5 Å². The number of rotatable bonds is 6. The van der Waals surface area contributed by atoms with Crippen molar-refractivity contribution in [2.45, 2.75) is 18.0 Å². The first-order valence-corrected chi connectivity index (χ1v) is 7.44. The summed E-state index contributed by atoms with van der Waals surface area (Å²) in [6, 6.07) is 8.85. The molecule has 21 heavy (non-hydrogen) atoms. The number of carbonyl (C=O) groups excluding carboxylic acids is 1. The second-order valence-electron chi connectivity index (χ2n) is 4.41. The van der Waals surface area contributed by atoms with Crippen molar-refractivity contribution in [3.05, 3.63) is 36.2 Å². The van der Waals surface area contributed by atoms with Gasteiger partial charge in [-0.1, -0.05) is 11.8 Å². The van der Waals surface area contributed by atoms with E-state index in [1.807, 2.05) is 17.7 Å². The SMILES string of the molecule is Cn1cnnc1SCCCC(=O)Nc1ccc(C#N)cc1. The van der Waals surface area contributed by atoms with Crippen molar-refractivity contribution in [2.24, 2.45) is 7.05 Å². The maximum atomic E-state index is 11.8. The Morgan fingerprint density at radius 3 is 2.81 bits per heavy atom. The van der Waals surface area contributed by atoms with Gasteiger partial charge in [-0.15, -0.1) is 10.2 Å². The molecule has 7 heteroatoms. The highest BCUT2D eigenvalue weighted by atomic mass is 32.2. The fourth-order valence-electron chi connectivity index (χ4n) is 1.65.